The van der Waals surface area contributed by atoms with Crippen LogP contribution in [0, 0.1) is 10.1 Å². The van der Waals surface area contributed by atoms with Gasteiger partial charge >= 0.3 is 11.8 Å². The summed E-state index contributed by atoms with van der Waals surface area (Å²) in [5.74, 6) is -0.191. The minimum absolute atomic E-state index is 0.0105. The number of rotatable bonds is 12. The van der Waals surface area contributed by atoms with Crippen molar-refractivity contribution in [1.82, 2.24) is 9.97 Å². The van der Waals surface area contributed by atoms with Crippen LogP contribution in [0.2, 0.25) is 0 Å². The highest BCUT2D eigenvalue weighted by Gasteiger charge is 2.31. The molecule has 1 heterocycles. The number of carbonyl (C=O) groups excluding carboxylic acids is 1. The van der Waals surface area contributed by atoms with Gasteiger partial charge in [0.1, 0.15) is 12.4 Å². The maximum atomic E-state index is 12.6. The van der Waals surface area contributed by atoms with Gasteiger partial charge in [0.2, 0.25) is 11.6 Å². The molecule has 0 aliphatic carbocycles. The SMILES string of the molecule is C=CCOC(=C)/C=C(\C=C)CCN(C(=O)OCC)c1nc(SC)nc(N)c1[N+](=O)[O-]. The molecule has 30 heavy (non-hydrogen) atoms. The van der Waals surface area contributed by atoms with Crippen LogP contribution in [-0.2, 0) is 9.47 Å². The molecule has 10 nitrogen and oxygen atoms in total. The smallest absolute Gasteiger partial charge is 0.415 e. The van der Waals surface area contributed by atoms with E-state index in [9.17, 15) is 14.9 Å². The number of ether oxygens (including phenoxy) is 2. The second kappa shape index (κ2) is 12.3. The third-order valence-electron chi connectivity index (χ3n) is 3.60. The van der Waals surface area contributed by atoms with Gasteiger partial charge in [-0.25, -0.2) is 4.79 Å². The van der Waals surface area contributed by atoms with Crippen LogP contribution in [0.5, 0.6) is 0 Å². The van der Waals surface area contributed by atoms with Crippen molar-refractivity contribution in [3.8, 4) is 0 Å². The van der Waals surface area contributed by atoms with Crippen molar-refractivity contribution in [3.63, 3.8) is 0 Å². The second-order valence-corrected chi connectivity index (χ2v) is 6.39. The van der Waals surface area contributed by atoms with Gasteiger partial charge in [-0.05, 0) is 31.2 Å². The largest absolute Gasteiger partial charge is 0.490 e. The fourth-order valence-corrected chi connectivity index (χ4v) is 2.63. The Balaban J connectivity index is 3.31. The number of aromatic nitrogens is 2. The summed E-state index contributed by atoms with van der Waals surface area (Å²) in [7, 11) is 0. The Morgan fingerprint density at radius 1 is 1.37 bits per heavy atom. The van der Waals surface area contributed by atoms with Gasteiger partial charge in [0.25, 0.3) is 0 Å². The number of allylic oxidation sites excluding steroid dienone is 2. The van der Waals surface area contributed by atoms with E-state index in [-0.39, 0.29) is 36.4 Å². The van der Waals surface area contributed by atoms with Crippen molar-refractivity contribution in [2.75, 3.05) is 36.6 Å². The van der Waals surface area contributed by atoms with Crippen molar-refractivity contribution >= 4 is 35.2 Å². The molecule has 1 aromatic heterocycles. The first-order valence-corrected chi connectivity index (χ1v) is 10.1. The van der Waals surface area contributed by atoms with Crippen LogP contribution in [0.15, 0.2) is 54.5 Å². The Labute approximate surface area is 179 Å². The zero-order valence-electron chi connectivity index (χ0n) is 17.0. The summed E-state index contributed by atoms with van der Waals surface area (Å²) in [5.41, 5.74) is 5.88. The summed E-state index contributed by atoms with van der Waals surface area (Å²) in [6, 6.07) is 0. The summed E-state index contributed by atoms with van der Waals surface area (Å²) in [6.07, 6.45) is 5.96. The van der Waals surface area contributed by atoms with Crippen molar-refractivity contribution in [2.24, 2.45) is 0 Å². The first-order chi connectivity index (χ1) is 14.3. The minimum Gasteiger partial charge on any atom is -0.490 e. The van der Waals surface area contributed by atoms with Gasteiger partial charge < -0.3 is 15.2 Å². The average Bonchev–Trinajstić information content (AvgIpc) is 2.70. The lowest BCUT2D eigenvalue weighted by Gasteiger charge is -2.21. The monoisotopic (exact) mass is 435 g/mol. The van der Waals surface area contributed by atoms with E-state index in [4.69, 9.17) is 15.2 Å². The molecule has 11 heteroatoms. The average molecular weight is 436 g/mol. The Kier molecular flexibility index (Phi) is 10.1. The lowest BCUT2D eigenvalue weighted by atomic mass is 10.1. The lowest BCUT2D eigenvalue weighted by molar-refractivity contribution is -0.383. The molecule has 162 valence electrons. The Morgan fingerprint density at radius 2 is 2.07 bits per heavy atom. The molecule has 0 aliphatic rings. The van der Waals surface area contributed by atoms with Crippen molar-refractivity contribution < 1.29 is 19.2 Å². The fourth-order valence-electron chi connectivity index (χ4n) is 2.27. The van der Waals surface area contributed by atoms with Gasteiger partial charge in [0.15, 0.2) is 5.16 Å². The van der Waals surface area contributed by atoms with Crippen LogP contribution < -0.4 is 10.6 Å². The zero-order chi connectivity index (χ0) is 22.7. The number of nitrogens with two attached hydrogens (primary N) is 1. The van der Waals surface area contributed by atoms with Crippen LogP contribution in [-0.4, -0.2) is 47.0 Å². The van der Waals surface area contributed by atoms with Gasteiger partial charge in [0.05, 0.1) is 11.5 Å². The molecule has 0 aliphatic heterocycles. The third kappa shape index (κ3) is 6.92. The van der Waals surface area contributed by atoms with Gasteiger partial charge in [0, 0.05) is 6.54 Å². The van der Waals surface area contributed by atoms with E-state index in [1.165, 1.54) is 0 Å². The molecule has 0 saturated heterocycles. The molecule has 0 bridgehead atoms. The summed E-state index contributed by atoms with van der Waals surface area (Å²) >= 11 is 1.14. The zero-order valence-corrected chi connectivity index (χ0v) is 17.8. The predicted octanol–water partition coefficient (Wildman–Crippen LogP) is 3.87. The summed E-state index contributed by atoms with van der Waals surface area (Å²) in [5, 5.41) is 11.8. The minimum atomic E-state index is -0.795. The van der Waals surface area contributed by atoms with Gasteiger partial charge in [-0.1, -0.05) is 43.7 Å². The molecule has 0 atom stereocenters. The Hall–Kier alpha value is -3.34. The highest BCUT2D eigenvalue weighted by Crippen LogP contribution is 2.33. The topological polar surface area (TPSA) is 134 Å². The van der Waals surface area contributed by atoms with Crippen molar-refractivity contribution in [3.05, 3.63) is 59.4 Å². The number of carbonyl (C=O) groups is 1. The summed E-state index contributed by atoms with van der Waals surface area (Å²) in [6.45, 7) is 13.1. The molecule has 0 fully saturated rings. The van der Waals surface area contributed by atoms with Crippen LogP contribution in [0.4, 0.5) is 22.1 Å². The maximum Gasteiger partial charge on any atom is 0.415 e. The first-order valence-electron chi connectivity index (χ1n) is 8.84. The van der Waals surface area contributed by atoms with Gasteiger partial charge in [-0.2, -0.15) is 9.97 Å². The molecule has 0 unspecified atom stereocenters. The number of nitro groups is 1. The van der Waals surface area contributed by atoms with E-state index < -0.39 is 16.7 Å². The second-order valence-electron chi connectivity index (χ2n) is 5.61. The third-order valence-corrected chi connectivity index (χ3v) is 4.15. The normalized spacial score (nSPS) is 10.8. The fraction of sp³-hybridized carbons (Fsp3) is 0.316. The van der Waals surface area contributed by atoms with E-state index in [1.807, 2.05) is 0 Å². The number of hydrogen-bond acceptors (Lipinski definition) is 9. The highest BCUT2D eigenvalue weighted by atomic mass is 32.2. The van der Waals surface area contributed by atoms with Crippen LogP contribution in [0.3, 0.4) is 0 Å². The molecule has 0 radical (unpaired) electrons. The lowest BCUT2D eigenvalue weighted by Crippen LogP contribution is -2.34. The molecular weight excluding hydrogens is 410 g/mol. The molecule has 0 spiro atoms. The summed E-state index contributed by atoms with van der Waals surface area (Å²) in [4.78, 5) is 32.5. The Morgan fingerprint density at radius 3 is 2.60 bits per heavy atom. The van der Waals surface area contributed by atoms with E-state index in [0.29, 0.717) is 17.9 Å². The molecule has 1 rings (SSSR count). The number of nitrogen functional groups attached to an aromatic ring is 1. The van der Waals surface area contributed by atoms with Gasteiger partial charge in [-0.3, -0.25) is 15.0 Å². The van der Waals surface area contributed by atoms with Crippen molar-refractivity contribution in [2.45, 2.75) is 18.5 Å². The quantitative estimate of drug-likeness (QED) is 0.0987. The number of amides is 1. The van der Waals surface area contributed by atoms with Crippen LogP contribution >= 0.6 is 11.8 Å². The molecule has 0 saturated carbocycles. The van der Waals surface area contributed by atoms with E-state index in [2.05, 4.69) is 29.7 Å². The van der Waals surface area contributed by atoms with E-state index in [0.717, 1.165) is 16.7 Å². The van der Waals surface area contributed by atoms with Crippen LogP contribution in [0.1, 0.15) is 13.3 Å². The highest BCUT2D eigenvalue weighted by molar-refractivity contribution is 7.98. The number of anilines is 2. The van der Waals surface area contributed by atoms with E-state index in [1.54, 1.807) is 31.4 Å². The van der Waals surface area contributed by atoms with Gasteiger partial charge in [-0.15, -0.1) is 0 Å². The summed E-state index contributed by atoms with van der Waals surface area (Å²) < 4.78 is 10.4. The van der Waals surface area contributed by atoms with Crippen molar-refractivity contribution in [1.29, 1.82) is 0 Å². The molecule has 1 amide bonds. The predicted molar refractivity (Wildman–Crippen MR) is 117 cm³/mol. The number of nitrogens with zero attached hydrogens (tertiary/aromatic N) is 4. The first kappa shape index (κ1) is 24.7. The molecule has 0 aromatic carbocycles. The number of hydrogen-bond donors (Lipinski definition) is 1. The number of thioether (sulfide) groups is 1. The molecular formula is C19H25N5O5S. The van der Waals surface area contributed by atoms with Crippen LogP contribution in [0.25, 0.3) is 0 Å². The molecule has 2 N–H and O–H groups in total. The molecule has 1 aromatic rings. The standard InChI is InChI=1S/C19H25N5O5S/c1-6-11-29-13(4)12-14(7-2)9-10-23(19(25)28-8-3)17-15(24(26)27)16(20)21-18(22-17)30-5/h6-7,12H,1-2,4,8-11H2,3,5H3,(H2,20,21,22)/b14-12+. The maximum absolute atomic E-state index is 12.6. The van der Waals surface area contributed by atoms with E-state index >= 15 is 0 Å². The Bertz CT molecular complexity index is 856.